The number of aliphatic hydroxyl groups is 1. The minimum atomic E-state index is -0.567. The van der Waals surface area contributed by atoms with E-state index in [4.69, 9.17) is 5.11 Å². The molecule has 0 aromatic carbocycles. The van der Waals surface area contributed by atoms with E-state index in [1.807, 2.05) is 11.8 Å². The highest BCUT2D eigenvalue weighted by atomic mass is 32.2. The molecule has 1 spiro atoms. The average Bonchev–Trinajstić information content (AvgIpc) is 3.30. The number of thioether (sulfide) groups is 1. The van der Waals surface area contributed by atoms with Crippen LogP contribution in [0.3, 0.4) is 0 Å². The van der Waals surface area contributed by atoms with Gasteiger partial charge in [-0.1, -0.05) is 40.5 Å². The van der Waals surface area contributed by atoms with Gasteiger partial charge in [-0.25, -0.2) is 0 Å². The van der Waals surface area contributed by atoms with Gasteiger partial charge in [-0.3, -0.25) is 14.4 Å². The first kappa shape index (κ1) is 29.3. The van der Waals surface area contributed by atoms with Crippen LogP contribution in [0.2, 0.25) is 0 Å². The van der Waals surface area contributed by atoms with Crippen molar-refractivity contribution in [1.82, 2.24) is 15.5 Å². The highest BCUT2D eigenvalue weighted by Gasteiger charge is 2.77. The second kappa shape index (κ2) is 10.8. The first-order valence-corrected chi connectivity index (χ1v) is 14.7. The molecular formula is C28H49N3O4S. The van der Waals surface area contributed by atoms with E-state index in [0.29, 0.717) is 13.1 Å². The second-order valence-corrected chi connectivity index (χ2v) is 15.2. The van der Waals surface area contributed by atoms with Crippen molar-refractivity contribution in [2.45, 2.75) is 121 Å². The molecule has 3 N–H and O–H groups in total. The van der Waals surface area contributed by atoms with Gasteiger partial charge in [-0.05, 0) is 64.7 Å². The van der Waals surface area contributed by atoms with Gasteiger partial charge in [0.25, 0.3) is 0 Å². The van der Waals surface area contributed by atoms with Crippen LogP contribution in [0.15, 0.2) is 0 Å². The van der Waals surface area contributed by atoms with Crippen LogP contribution in [-0.2, 0) is 14.4 Å². The van der Waals surface area contributed by atoms with Gasteiger partial charge in [-0.15, -0.1) is 11.8 Å². The summed E-state index contributed by atoms with van der Waals surface area (Å²) in [4.78, 5) is 43.3. The van der Waals surface area contributed by atoms with Crippen molar-refractivity contribution in [3.63, 3.8) is 0 Å². The lowest BCUT2D eigenvalue weighted by Gasteiger charge is -2.38. The predicted molar refractivity (Wildman–Crippen MR) is 146 cm³/mol. The van der Waals surface area contributed by atoms with Crippen LogP contribution in [0, 0.1) is 17.3 Å². The Kier molecular flexibility index (Phi) is 8.81. The van der Waals surface area contributed by atoms with Crippen molar-refractivity contribution in [2.24, 2.45) is 17.3 Å². The number of carbonyl (C=O) groups is 3. The Balaban J connectivity index is 1.92. The third-order valence-electron chi connectivity index (χ3n) is 8.10. The summed E-state index contributed by atoms with van der Waals surface area (Å²) in [6, 6.07) is -0.567. The molecule has 7 nitrogen and oxygen atoms in total. The number of hydrogen-bond acceptors (Lipinski definition) is 5. The number of rotatable bonds is 12. The zero-order valence-electron chi connectivity index (χ0n) is 23.5. The summed E-state index contributed by atoms with van der Waals surface area (Å²) >= 11 is 1.73. The Hall–Kier alpha value is -1.28. The monoisotopic (exact) mass is 523 g/mol. The lowest BCUT2D eigenvalue weighted by molar-refractivity contribution is -0.141. The van der Waals surface area contributed by atoms with Gasteiger partial charge < -0.3 is 20.6 Å². The summed E-state index contributed by atoms with van der Waals surface area (Å²) in [5, 5.41) is 15.5. The fourth-order valence-corrected chi connectivity index (χ4v) is 9.60. The van der Waals surface area contributed by atoms with Crippen molar-refractivity contribution in [2.75, 3.05) is 19.7 Å². The molecule has 0 saturated carbocycles. The number of unbranched alkanes of at least 4 members (excludes halogenated alkanes) is 3. The fourth-order valence-electron chi connectivity index (χ4n) is 7.25. The van der Waals surface area contributed by atoms with Gasteiger partial charge >= 0.3 is 0 Å². The highest BCUT2D eigenvalue weighted by molar-refractivity contribution is 8.02. The highest BCUT2D eigenvalue weighted by Crippen LogP contribution is 2.71. The Bertz CT molecular complexity index is 841. The van der Waals surface area contributed by atoms with Gasteiger partial charge in [-0.2, -0.15) is 0 Å². The van der Waals surface area contributed by atoms with Crippen LogP contribution in [0.25, 0.3) is 0 Å². The lowest BCUT2D eigenvalue weighted by Crippen LogP contribution is -2.58. The molecule has 36 heavy (non-hydrogen) atoms. The van der Waals surface area contributed by atoms with E-state index in [0.717, 1.165) is 51.4 Å². The number of hydrogen-bond donors (Lipinski definition) is 3. The molecule has 0 aromatic heterocycles. The van der Waals surface area contributed by atoms with Crippen LogP contribution in [0.4, 0.5) is 0 Å². The summed E-state index contributed by atoms with van der Waals surface area (Å²) in [6.07, 6.45) is 6.62. The van der Waals surface area contributed by atoms with Crippen molar-refractivity contribution >= 4 is 29.5 Å². The summed E-state index contributed by atoms with van der Waals surface area (Å²) in [5.74, 6) is -1.02. The first-order valence-electron chi connectivity index (χ1n) is 13.9. The zero-order valence-corrected chi connectivity index (χ0v) is 24.4. The zero-order chi connectivity index (χ0) is 26.9. The van der Waals surface area contributed by atoms with E-state index in [1.165, 1.54) is 0 Å². The normalized spacial score (nSPS) is 31.6. The maximum Gasteiger partial charge on any atom is 0.244 e. The van der Waals surface area contributed by atoms with E-state index in [9.17, 15) is 14.4 Å². The van der Waals surface area contributed by atoms with Crippen molar-refractivity contribution < 1.29 is 19.5 Å². The van der Waals surface area contributed by atoms with Gasteiger partial charge in [0, 0.05) is 30.0 Å². The van der Waals surface area contributed by atoms with Crippen LogP contribution < -0.4 is 10.6 Å². The SMILES string of the molecule is CCCNC(=O)[C@@H]1[C@H]2C(=O)N(CCCCCCO)C(C(=O)NC(C)(C)CC(C)(C)C)C23CC[C@@]1(C)S3. The number of likely N-dealkylation sites (tertiary alicyclic amines) is 1. The Morgan fingerprint density at radius 1 is 1.08 bits per heavy atom. The van der Waals surface area contributed by atoms with Crippen molar-refractivity contribution in [1.29, 1.82) is 0 Å². The molecule has 2 unspecified atom stereocenters. The smallest absolute Gasteiger partial charge is 0.244 e. The minimum absolute atomic E-state index is 0.0292. The quantitative estimate of drug-likeness (QED) is 0.337. The standard InChI is InChI=1S/C28H49N3O4S/c1-8-15-29-22(33)19-20-24(35)31(16-11-9-10-12-17-32)21(28(20)14-13-27(19,7)36-28)23(34)30-26(5,6)18-25(2,3)4/h19-21,32H,8-18H2,1-7H3,(H,29,33)(H,30,34)/t19-,20-,21?,27+,28?/m0/s1. The third kappa shape index (κ3) is 5.74. The molecule has 3 aliphatic heterocycles. The average molecular weight is 524 g/mol. The molecule has 0 aromatic rings. The van der Waals surface area contributed by atoms with Crippen LogP contribution >= 0.6 is 11.8 Å². The maximum absolute atomic E-state index is 14.1. The largest absolute Gasteiger partial charge is 0.396 e. The van der Waals surface area contributed by atoms with Gasteiger partial charge in [0.15, 0.2) is 0 Å². The van der Waals surface area contributed by atoms with Crippen LogP contribution in [-0.4, -0.2) is 68.5 Å². The van der Waals surface area contributed by atoms with E-state index in [2.05, 4.69) is 52.2 Å². The number of nitrogens with one attached hydrogen (secondary N) is 2. The summed E-state index contributed by atoms with van der Waals surface area (Å²) in [5.41, 5.74) is -0.366. The summed E-state index contributed by atoms with van der Waals surface area (Å²) in [6.45, 7) is 16.1. The molecule has 5 atom stereocenters. The fraction of sp³-hybridized carbons (Fsp3) is 0.893. The molecule has 3 rings (SSSR count). The van der Waals surface area contributed by atoms with E-state index in [-0.39, 0.29) is 34.5 Å². The van der Waals surface area contributed by atoms with E-state index >= 15 is 0 Å². The molecule has 3 heterocycles. The Morgan fingerprint density at radius 2 is 1.75 bits per heavy atom. The van der Waals surface area contributed by atoms with Crippen LogP contribution in [0.5, 0.6) is 0 Å². The van der Waals surface area contributed by atoms with Crippen molar-refractivity contribution in [3.05, 3.63) is 0 Å². The predicted octanol–water partition coefficient (Wildman–Crippen LogP) is 3.88. The minimum Gasteiger partial charge on any atom is -0.396 e. The van der Waals surface area contributed by atoms with Gasteiger partial charge in [0.1, 0.15) is 6.04 Å². The molecule has 3 fully saturated rings. The molecular weight excluding hydrogens is 474 g/mol. The van der Waals surface area contributed by atoms with Crippen molar-refractivity contribution in [3.8, 4) is 0 Å². The second-order valence-electron chi connectivity index (χ2n) is 13.3. The van der Waals surface area contributed by atoms with E-state index < -0.39 is 28.2 Å². The van der Waals surface area contributed by atoms with Crippen LogP contribution in [0.1, 0.15) is 99.8 Å². The molecule has 3 amide bonds. The maximum atomic E-state index is 14.1. The number of aliphatic hydroxyl groups excluding tert-OH is 1. The van der Waals surface area contributed by atoms with Gasteiger partial charge in [0.05, 0.1) is 16.6 Å². The molecule has 206 valence electrons. The first-order chi connectivity index (χ1) is 16.7. The van der Waals surface area contributed by atoms with E-state index in [1.54, 1.807) is 11.8 Å². The Morgan fingerprint density at radius 3 is 2.36 bits per heavy atom. The number of carbonyl (C=O) groups excluding carboxylic acids is 3. The summed E-state index contributed by atoms with van der Waals surface area (Å²) < 4.78 is -0.891. The Labute approximate surface area is 222 Å². The molecule has 2 bridgehead atoms. The molecule has 0 aliphatic carbocycles. The number of amides is 3. The molecule has 8 heteroatoms. The topological polar surface area (TPSA) is 98.7 Å². The number of nitrogens with zero attached hydrogens (tertiary/aromatic N) is 1. The third-order valence-corrected chi connectivity index (χ3v) is 10.1. The molecule has 3 aliphatic rings. The molecule has 3 saturated heterocycles. The number of fused-ring (bicyclic) bond motifs is 1. The van der Waals surface area contributed by atoms with Gasteiger partial charge in [0.2, 0.25) is 17.7 Å². The molecule has 0 radical (unpaired) electrons. The summed E-state index contributed by atoms with van der Waals surface area (Å²) in [7, 11) is 0. The lowest BCUT2D eigenvalue weighted by atomic mass is 9.66.